The molecule has 0 saturated carbocycles. The molecular formula is C22H28N4O. The van der Waals surface area contributed by atoms with E-state index in [1.54, 1.807) is 29.4 Å². The molecule has 0 aliphatic heterocycles. The first kappa shape index (κ1) is 20.4. The first-order valence-corrected chi connectivity index (χ1v) is 9.28. The summed E-state index contributed by atoms with van der Waals surface area (Å²) in [7, 11) is 0. The fourth-order valence-corrected chi connectivity index (χ4v) is 3.19. The molecule has 5 heteroatoms. The lowest BCUT2D eigenvalue weighted by Gasteiger charge is -2.26. The molecule has 0 atom stereocenters. The van der Waals surface area contributed by atoms with E-state index in [2.05, 4.69) is 36.4 Å². The average molecular weight is 364 g/mol. The number of rotatable bonds is 6. The van der Waals surface area contributed by atoms with E-state index in [9.17, 15) is 10.1 Å². The lowest BCUT2D eigenvalue weighted by Crippen LogP contribution is -2.37. The minimum Gasteiger partial charge on any atom is -0.348 e. The van der Waals surface area contributed by atoms with Gasteiger partial charge >= 0.3 is 0 Å². The van der Waals surface area contributed by atoms with Crippen LogP contribution in [0.25, 0.3) is 6.08 Å². The third-order valence-corrected chi connectivity index (χ3v) is 4.47. The maximum Gasteiger partial charge on any atom is 0.269 e. The highest BCUT2D eigenvalue weighted by Crippen LogP contribution is 2.23. The molecule has 2 aromatic rings. The Kier molecular flexibility index (Phi) is 6.57. The van der Waals surface area contributed by atoms with Crippen LogP contribution >= 0.6 is 0 Å². The second-order valence-corrected chi connectivity index (χ2v) is 7.48. The number of aromatic nitrogens is 2. The van der Waals surface area contributed by atoms with Crippen LogP contribution in [-0.4, -0.2) is 21.5 Å². The summed E-state index contributed by atoms with van der Waals surface area (Å²) < 4.78 is 2.23. The normalized spacial score (nSPS) is 11.7. The smallest absolute Gasteiger partial charge is 0.269 e. The van der Waals surface area contributed by atoms with Crippen molar-refractivity contribution in [1.29, 1.82) is 5.26 Å². The summed E-state index contributed by atoms with van der Waals surface area (Å²) in [4.78, 5) is 18.8. The molecule has 0 aliphatic carbocycles. The standard InChI is InChI=1S/C22H28N4O/c1-15(2)14-25-17(5)10-19(18(25)6)11-20(12-23)22(27)26(16(3)4)21-8-7-9-24-13-21/h7-11,13,15-16H,14H2,1-6H3/b20-11-. The van der Waals surface area contributed by atoms with Crippen molar-refractivity contribution in [2.75, 3.05) is 4.90 Å². The Morgan fingerprint density at radius 1 is 1.33 bits per heavy atom. The van der Waals surface area contributed by atoms with Crippen molar-refractivity contribution in [3.05, 3.63) is 53.1 Å². The van der Waals surface area contributed by atoms with Gasteiger partial charge in [0, 0.05) is 30.2 Å². The van der Waals surface area contributed by atoms with E-state index < -0.39 is 0 Å². The molecule has 2 heterocycles. The quantitative estimate of drug-likeness (QED) is 0.560. The van der Waals surface area contributed by atoms with E-state index >= 15 is 0 Å². The molecule has 2 rings (SSSR count). The molecule has 0 spiro atoms. The molecule has 0 fully saturated rings. The van der Waals surface area contributed by atoms with Crippen molar-refractivity contribution >= 4 is 17.7 Å². The molecule has 0 radical (unpaired) electrons. The van der Waals surface area contributed by atoms with E-state index in [1.165, 1.54) is 0 Å². The maximum absolute atomic E-state index is 13.1. The fourth-order valence-electron chi connectivity index (χ4n) is 3.19. The van der Waals surface area contributed by atoms with Crippen molar-refractivity contribution < 1.29 is 4.79 Å². The van der Waals surface area contributed by atoms with Gasteiger partial charge in [-0.1, -0.05) is 13.8 Å². The molecule has 0 aromatic carbocycles. The highest BCUT2D eigenvalue weighted by Gasteiger charge is 2.23. The predicted octanol–water partition coefficient (Wildman–Crippen LogP) is 4.50. The van der Waals surface area contributed by atoms with Crippen LogP contribution in [0.2, 0.25) is 0 Å². The number of nitriles is 1. The van der Waals surface area contributed by atoms with Crippen LogP contribution in [0, 0.1) is 31.1 Å². The summed E-state index contributed by atoms with van der Waals surface area (Å²) in [5, 5.41) is 9.66. The third-order valence-electron chi connectivity index (χ3n) is 4.47. The van der Waals surface area contributed by atoms with Gasteiger partial charge in [0.15, 0.2) is 0 Å². The van der Waals surface area contributed by atoms with Crippen LogP contribution in [0.1, 0.15) is 44.6 Å². The molecular weight excluding hydrogens is 336 g/mol. The Labute approximate surface area is 161 Å². The monoisotopic (exact) mass is 364 g/mol. The molecule has 0 bridgehead atoms. The lowest BCUT2D eigenvalue weighted by atomic mass is 10.1. The molecule has 0 saturated heterocycles. The Bertz CT molecular complexity index is 870. The van der Waals surface area contributed by atoms with Crippen molar-refractivity contribution in [3.63, 3.8) is 0 Å². The zero-order chi connectivity index (χ0) is 20.1. The van der Waals surface area contributed by atoms with Crippen molar-refractivity contribution in [1.82, 2.24) is 9.55 Å². The van der Waals surface area contributed by atoms with E-state index in [0.29, 0.717) is 11.6 Å². The molecule has 0 aliphatic rings. The van der Waals surface area contributed by atoms with Gasteiger partial charge < -0.3 is 9.47 Å². The Hall–Kier alpha value is -2.87. The second kappa shape index (κ2) is 8.68. The number of hydrogen-bond donors (Lipinski definition) is 0. The highest BCUT2D eigenvalue weighted by molar-refractivity contribution is 6.11. The summed E-state index contributed by atoms with van der Waals surface area (Å²) >= 11 is 0. The van der Waals surface area contributed by atoms with E-state index in [4.69, 9.17) is 0 Å². The first-order valence-electron chi connectivity index (χ1n) is 9.28. The van der Waals surface area contributed by atoms with Gasteiger partial charge in [0.1, 0.15) is 11.6 Å². The van der Waals surface area contributed by atoms with Crippen LogP contribution in [0.3, 0.4) is 0 Å². The third kappa shape index (κ3) is 4.65. The van der Waals surface area contributed by atoms with Gasteiger partial charge in [-0.25, -0.2) is 0 Å². The van der Waals surface area contributed by atoms with Crippen molar-refractivity contribution in [3.8, 4) is 6.07 Å². The number of aryl methyl sites for hydroxylation is 1. The summed E-state index contributed by atoms with van der Waals surface area (Å²) in [5.74, 6) is 0.208. The number of carbonyl (C=O) groups excluding carboxylic acids is 1. The number of pyridine rings is 1. The molecule has 1 amide bonds. The van der Waals surface area contributed by atoms with Crippen LogP contribution in [0.4, 0.5) is 5.69 Å². The van der Waals surface area contributed by atoms with Crippen molar-refractivity contribution in [2.45, 2.75) is 54.1 Å². The van der Waals surface area contributed by atoms with Gasteiger partial charge in [-0.05, 0) is 63.5 Å². The Balaban J connectivity index is 2.44. The summed E-state index contributed by atoms with van der Waals surface area (Å²) in [6.07, 6.45) is 5.01. The number of hydrogen-bond acceptors (Lipinski definition) is 3. The Morgan fingerprint density at radius 2 is 2.04 bits per heavy atom. The van der Waals surface area contributed by atoms with Crippen LogP contribution in [-0.2, 0) is 11.3 Å². The zero-order valence-electron chi connectivity index (χ0n) is 17.0. The van der Waals surface area contributed by atoms with E-state index in [-0.39, 0.29) is 17.5 Å². The largest absolute Gasteiger partial charge is 0.348 e. The second-order valence-electron chi connectivity index (χ2n) is 7.48. The van der Waals surface area contributed by atoms with Gasteiger partial charge in [-0.15, -0.1) is 0 Å². The van der Waals surface area contributed by atoms with Crippen molar-refractivity contribution in [2.24, 2.45) is 5.92 Å². The van der Waals surface area contributed by atoms with E-state index in [0.717, 1.165) is 23.5 Å². The molecule has 5 nitrogen and oxygen atoms in total. The number of nitrogens with zero attached hydrogens (tertiary/aromatic N) is 4. The van der Waals surface area contributed by atoms with E-state index in [1.807, 2.05) is 32.9 Å². The molecule has 0 N–H and O–H groups in total. The first-order chi connectivity index (χ1) is 12.8. The summed E-state index contributed by atoms with van der Waals surface area (Å²) in [6.45, 7) is 13.2. The lowest BCUT2D eigenvalue weighted by molar-refractivity contribution is -0.115. The molecule has 142 valence electrons. The predicted molar refractivity (Wildman–Crippen MR) is 109 cm³/mol. The number of carbonyl (C=O) groups is 1. The van der Waals surface area contributed by atoms with Crippen LogP contribution < -0.4 is 4.90 Å². The summed E-state index contributed by atoms with van der Waals surface area (Å²) in [6, 6.07) is 7.65. The molecule has 0 unspecified atom stereocenters. The highest BCUT2D eigenvalue weighted by atomic mass is 16.2. The molecule has 27 heavy (non-hydrogen) atoms. The number of amides is 1. The van der Waals surface area contributed by atoms with Gasteiger partial charge in [-0.2, -0.15) is 5.26 Å². The van der Waals surface area contributed by atoms with Crippen LogP contribution in [0.15, 0.2) is 36.2 Å². The SMILES string of the molecule is Cc1cc(/C=C(/C#N)C(=O)N(c2cccnc2)C(C)C)c(C)n1CC(C)C. The Morgan fingerprint density at radius 3 is 2.56 bits per heavy atom. The fraction of sp³-hybridized carbons (Fsp3) is 0.409. The maximum atomic E-state index is 13.1. The minimum atomic E-state index is -0.311. The van der Waals surface area contributed by atoms with Gasteiger partial charge in [0.05, 0.1) is 11.9 Å². The topological polar surface area (TPSA) is 61.9 Å². The van der Waals surface area contributed by atoms with Gasteiger partial charge in [0.25, 0.3) is 5.91 Å². The molecule has 2 aromatic heterocycles. The minimum absolute atomic E-state index is 0.0909. The summed E-state index contributed by atoms with van der Waals surface area (Å²) in [5.41, 5.74) is 3.92. The van der Waals surface area contributed by atoms with Crippen LogP contribution in [0.5, 0.6) is 0 Å². The zero-order valence-corrected chi connectivity index (χ0v) is 17.0. The number of anilines is 1. The van der Waals surface area contributed by atoms with Gasteiger partial charge in [-0.3, -0.25) is 9.78 Å². The average Bonchev–Trinajstić information content (AvgIpc) is 2.87. The van der Waals surface area contributed by atoms with Gasteiger partial charge in [0.2, 0.25) is 0 Å².